The van der Waals surface area contributed by atoms with Crippen LogP contribution < -0.4 is 0 Å². The minimum absolute atomic E-state index is 0.0562. The average Bonchev–Trinajstić information content (AvgIpc) is 2.61. The molecule has 150 valence electrons. The molecule has 7 heteroatoms. The van der Waals surface area contributed by atoms with Crippen molar-refractivity contribution >= 4 is 0 Å². The normalized spacial score (nSPS) is 29.9. The highest BCUT2D eigenvalue weighted by molar-refractivity contribution is 4.88. The lowest BCUT2D eigenvalue weighted by atomic mass is 9.99. The van der Waals surface area contributed by atoms with Crippen LogP contribution in [-0.2, 0) is 14.2 Å². The summed E-state index contributed by atoms with van der Waals surface area (Å²) in [6.45, 7) is 4.29. The maximum atomic E-state index is 9.77. The zero-order chi connectivity index (χ0) is 18.5. The first-order valence-corrected chi connectivity index (χ1v) is 9.61. The molecule has 7 nitrogen and oxygen atoms in total. The highest BCUT2D eigenvalue weighted by atomic mass is 16.6. The van der Waals surface area contributed by atoms with Crippen LogP contribution in [0.1, 0.15) is 58.3 Å². The highest BCUT2D eigenvalue weighted by Gasteiger charge is 2.42. The molecule has 1 heterocycles. The van der Waals surface area contributed by atoms with Gasteiger partial charge >= 0.3 is 0 Å². The van der Waals surface area contributed by atoms with Gasteiger partial charge < -0.3 is 34.6 Å². The van der Waals surface area contributed by atoms with E-state index in [-0.39, 0.29) is 6.61 Å². The molecule has 0 spiro atoms. The Labute approximate surface area is 150 Å². The van der Waals surface area contributed by atoms with Gasteiger partial charge in [-0.1, -0.05) is 39.0 Å². The van der Waals surface area contributed by atoms with E-state index in [2.05, 4.69) is 6.92 Å². The third-order valence-electron chi connectivity index (χ3n) is 4.44. The van der Waals surface area contributed by atoms with Crippen molar-refractivity contribution in [1.82, 2.24) is 0 Å². The van der Waals surface area contributed by atoms with Crippen molar-refractivity contribution in [2.24, 2.45) is 0 Å². The monoisotopic (exact) mass is 364 g/mol. The predicted octanol–water partition coefficient (Wildman–Crippen LogP) is 0.960. The Bertz CT molecular complexity index is 316. The Balaban J connectivity index is 1.90. The first-order chi connectivity index (χ1) is 12.1. The lowest BCUT2D eigenvalue weighted by molar-refractivity contribution is -0.288. The van der Waals surface area contributed by atoms with Gasteiger partial charge in [0.05, 0.1) is 6.61 Å². The number of hydrogen-bond acceptors (Lipinski definition) is 7. The summed E-state index contributed by atoms with van der Waals surface area (Å²) in [6.07, 6.45) is 2.70. The van der Waals surface area contributed by atoms with Gasteiger partial charge in [0.2, 0.25) is 0 Å². The summed E-state index contributed by atoms with van der Waals surface area (Å²) in [5, 5.41) is 38.2. The van der Waals surface area contributed by atoms with Gasteiger partial charge in [-0.2, -0.15) is 0 Å². The van der Waals surface area contributed by atoms with Crippen LogP contribution in [0, 0.1) is 0 Å². The number of hydrogen-bond donors (Lipinski definition) is 4. The van der Waals surface area contributed by atoms with Crippen LogP contribution in [0.3, 0.4) is 0 Å². The zero-order valence-electron chi connectivity index (χ0n) is 15.4. The molecule has 1 aliphatic rings. The molecule has 0 saturated carbocycles. The maximum Gasteiger partial charge on any atom is 0.184 e. The third-order valence-corrected chi connectivity index (χ3v) is 4.44. The van der Waals surface area contributed by atoms with Crippen molar-refractivity contribution in [2.75, 3.05) is 26.4 Å². The molecular formula is C18H36O7. The van der Waals surface area contributed by atoms with Gasteiger partial charge in [0.1, 0.15) is 24.4 Å². The second-order valence-electron chi connectivity index (χ2n) is 6.70. The molecule has 0 aromatic heterocycles. The van der Waals surface area contributed by atoms with Crippen molar-refractivity contribution in [3.63, 3.8) is 0 Å². The fourth-order valence-corrected chi connectivity index (χ4v) is 2.76. The quantitative estimate of drug-likeness (QED) is 0.340. The van der Waals surface area contributed by atoms with Gasteiger partial charge in [-0.3, -0.25) is 0 Å². The molecule has 0 aromatic carbocycles. The minimum Gasteiger partial charge on any atom is -0.387 e. The van der Waals surface area contributed by atoms with Gasteiger partial charge in [-0.15, -0.1) is 0 Å². The SMILES string of the molecule is CCCCCCCCOCCCCOC[C@H]1O[C@H](O)[C@H](O)[C@@H](O)[C@H]1O. The summed E-state index contributed by atoms with van der Waals surface area (Å²) in [7, 11) is 0. The largest absolute Gasteiger partial charge is 0.387 e. The van der Waals surface area contributed by atoms with E-state index >= 15 is 0 Å². The lowest BCUT2D eigenvalue weighted by Gasteiger charge is -2.38. The zero-order valence-corrected chi connectivity index (χ0v) is 15.4. The predicted molar refractivity (Wildman–Crippen MR) is 93.1 cm³/mol. The van der Waals surface area contributed by atoms with E-state index in [0.717, 1.165) is 25.9 Å². The van der Waals surface area contributed by atoms with Crippen molar-refractivity contribution in [3.05, 3.63) is 0 Å². The standard InChI is InChI=1S/C18H36O7/c1-2-3-4-5-6-7-10-23-11-8-9-12-24-13-14-15(19)16(20)17(21)18(22)25-14/h14-22H,2-13H2,1H3/t14-,15+,16+,17-,18+/m1/s1. The van der Waals surface area contributed by atoms with Crippen LogP contribution in [0.4, 0.5) is 0 Å². The molecule has 0 unspecified atom stereocenters. The van der Waals surface area contributed by atoms with Crippen molar-refractivity contribution in [1.29, 1.82) is 0 Å². The Hall–Kier alpha value is -0.280. The van der Waals surface area contributed by atoms with E-state index in [0.29, 0.717) is 13.2 Å². The lowest BCUT2D eigenvalue weighted by Crippen LogP contribution is -2.58. The number of rotatable bonds is 14. The molecule has 1 saturated heterocycles. The van der Waals surface area contributed by atoms with Gasteiger partial charge in [-0.25, -0.2) is 0 Å². The van der Waals surface area contributed by atoms with Crippen LogP contribution in [0.5, 0.6) is 0 Å². The molecule has 0 bridgehead atoms. The van der Waals surface area contributed by atoms with E-state index < -0.39 is 30.7 Å². The van der Waals surface area contributed by atoms with Gasteiger partial charge in [0.15, 0.2) is 6.29 Å². The summed E-state index contributed by atoms with van der Waals surface area (Å²) in [5.41, 5.74) is 0. The molecule has 1 aliphatic heterocycles. The fraction of sp³-hybridized carbons (Fsp3) is 1.00. The Morgan fingerprint density at radius 2 is 1.24 bits per heavy atom. The van der Waals surface area contributed by atoms with Crippen molar-refractivity contribution < 1.29 is 34.6 Å². The Morgan fingerprint density at radius 3 is 1.92 bits per heavy atom. The maximum absolute atomic E-state index is 9.77. The smallest absolute Gasteiger partial charge is 0.184 e. The number of aliphatic hydroxyl groups is 4. The van der Waals surface area contributed by atoms with E-state index in [1.807, 2.05) is 0 Å². The van der Waals surface area contributed by atoms with E-state index in [4.69, 9.17) is 14.2 Å². The molecule has 4 N–H and O–H groups in total. The minimum atomic E-state index is -1.51. The first kappa shape index (κ1) is 22.8. The van der Waals surface area contributed by atoms with Crippen molar-refractivity contribution in [3.8, 4) is 0 Å². The summed E-state index contributed by atoms with van der Waals surface area (Å²) in [5.74, 6) is 0. The van der Waals surface area contributed by atoms with Crippen LogP contribution in [-0.4, -0.2) is 77.6 Å². The highest BCUT2D eigenvalue weighted by Crippen LogP contribution is 2.20. The molecule has 1 rings (SSSR count). The van der Waals surface area contributed by atoms with E-state index in [1.54, 1.807) is 0 Å². The van der Waals surface area contributed by atoms with Gasteiger partial charge in [-0.05, 0) is 19.3 Å². The van der Waals surface area contributed by atoms with E-state index in [1.165, 1.54) is 32.1 Å². The summed E-state index contributed by atoms with van der Waals surface area (Å²) in [6, 6.07) is 0. The molecule has 1 fully saturated rings. The summed E-state index contributed by atoms with van der Waals surface area (Å²) < 4.78 is 16.0. The molecular weight excluding hydrogens is 328 g/mol. The van der Waals surface area contributed by atoms with Crippen LogP contribution in [0.2, 0.25) is 0 Å². The number of aliphatic hydroxyl groups excluding tert-OH is 4. The van der Waals surface area contributed by atoms with Crippen LogP contribution in [0.25, 0.3) is 0 Å². The van der Waals surface area contributed by atoms with Crippen molar-refractivity contribution in [2.45, 2.75) is 89.0 Å². The molecule has 0 aliphatic carbocycles. The van der Waals surface area contributed by atoms with Crippen LogP contribution >= 0.6 is 0 Å². The molecule has 25 heavy (non-hydrogen) atoms. The van der Waals surface area contributed by atoms with E-state index in [9.17, 15) is 20.4 Å². The summed E-state index contributed by atoms with van der Waals surface area (Å²) in [4.78, 5) is 0. The molecule has 0 aromatic rings. The molecule has 5 atom stereocenters. The van der Waals surface area contributed by atoms with Gasteiger partial charge in [0, 0.05) is 19.8 Å². The molecule has 0 radical (unpaired) electrons. The average molecular weight is 364 g/mol. The Kier molecular flexibility index (Phi) is 12.6. The Morgan fingerprint density at radius 1 is 0.680 bits per heavy atom. The topological polar surface area (TPSA) is 109 Å². The van der Waals surface area contributed by atoms with Gasteiger partial charge in [0.25, 0.3) is 0 Å². The number of unbranched alkanes of at least 4 members (excludes halogenated alkanes) is 6. The second kappa shape index (κ2) is 13.9. The fourth-order valence-electron chi connectivity index (χ4n) is 2.76. The first-order valence-electron chi connectivity index (χ1n) is 9.61. The number of ether oxygens (including phenoxy) is 3. The molecule has 0 amide bonds. The second-order valence-corrected chi connectivity index (χ2v) is 6.70. The van der Waals surface area contributed by atoms with Crippen LogP contribution in [0.15, 0.2) is 0 Å². The third kappa shape index (κ3) is 9.28. The summed E-state index contributed by atoms with van der Waals surface area (Å²) >= 11 is 0.